The Morgan fingerprint density at radius 1 is 1.53 bits per heavy atom. The maximum Gasteiger partial charge on any atom is 0.325 e. The highest BCUT2D eigenvalue weighted by Crippen LogP contribution is 2.22. The van der Waals surface area contributed by atoms with Gasteiger partial charge in [-0.2, -0.15) is 0 Å². The first kappa shape index (κ1) is 13.9. The van der Waals surface area contributed by atoms with E-state index < -0.39 is 17.1 Å². The van der Waals surface area contributed by atoms with E-state index in [0.29, 0.717) is 13.0 Å². The zero-order chi connectivity index (χ0) is 13.3. The lowest BCUT2D eigenvalue weighted by molar-refractivity contribution is -0.143. The van der Waals surface area contributed by atoms with Crippen molar-refractivity contribution < 1.29 is 19.4 Å². The second kappa shape index (κ2) is 4.62. The third-order valence-electron chi connectivity index (χ3n) is 3.21. The Morgan fingerprint density at radius 2 is 2.12 bits per heavy atom. The van der Waals surface area contributed by atoms with E-state index in [0.717, 1.165) is 0 Å². The Kier molecular flexibility index (Phi) is 3.78. The molecule has 1 amide bonds. The summed E-state index contributed by atoms with van der Waals surface area (Å²) in [6.07, 6.45) is 0.515. The summed E-state index contributed by atoms with van der Waals surface area (Å²) in [5, 5.41) is 8.96. The van der Waals surface area contributed by atoms with Crippen molar-refractivity contribution in [2.75, 3.05) is 20.2 Å². The fourth-order valence-electron chi connectivity index (χ4n) is 1.77. The average molecular weight is 244 g/mol. The first-order valence-corrected chi connectivity index (χ1v) is 5.55. The number of likely N-dealkylation sites (tertiary alicyclic amines) is 1. The normalized spacial score (nSPS) is 25.1. The lowest BCUT2D eigenvalue weighted by Crippen LogP contribution is -2.51. The molecule has 1 aliphatic rings. The van der Waals surface area contributed by atoms with Crippen molar-refractivity contribution >= 4 is 11.9 Å². The first-order chi connectivity index (χ1) is 7.70. The van der Waals surface area contributed by atoms with E-state index in [-0.39, 0.29) is 18.9 Å². The van der Waals surface area contributed by atoms with Crippen LogP contribution in [0.1, 0.15) is 26.7 Å². The van der Waals surface area contributed by atoms with Crippen molar-refractivity contribution in [1.29, 1.82) is 0 Å². The molecule has 0 radical (unpaired) electrons. The molecule has 0 aliphatic carbocycles. The highest BCUT2D eigenvalue weighted by molar-refractivity contribution is 5.83. The summed E-state index contributed by atoms with van der Waals surface area (Å²) >= 11 is 0. The van der Waals surface area contributed by atoms with Crippen molar-refractivity contribution in [2.45, 2.75) is 37.8 Å². The number of rotatable bonds is 4. The predicted molar refractivity (Wildman–Crippen MR) is 61.5 cm³/mol. The number of hydrogen-bond acceptors (Lipinski definition) is 4. The molecule has 1 fully saturated rings. The van der Waals surface area contributed by atoms with Gasteiger partial charge in [-0.15, -0.1) is 0 Å². The van der Waals surface area contributed by atoms with Crippen LogP contribution in [-0.4, -0.2) is 53.2 Å². The van der Waals surface area contributed by atoms with E-state index in [4.69, 9.17) is 15.6 Å². The Hall–Kier alpha value is -1.14. The second-order valence-corrected chi connectivity index (χ2v) is 5.17. The second-order valence-electron chi connectivity index (χ2n) is 5.17. The molecule has 1 heterocycles. The number of amides is 1. The summed E-state index contributed by atoms with van der Waals surface area (Å²) in [5.41, 5.74) is 3.86. The van der Waals surface area contributed by atoms with Crippen molar-refractivity contribution in [2.24, 2.45) is 5.73 Å². The maximum absolute atomic E-state index is 11.9. The Morgan fingerprint density at radius 3 is 2.53 bits per heavy atom. The molecule has 0 aromatic carbocycles. The molecule has 1 aliphatic heterocycles. The molecule has 0 aromatic heterocycles. The van der Waals surface area contributed by atoms with Gasteiger partial charge in [-0.1, -0.05) is 0 Å². The molecule has 1 atom stereocenters. The highest BCUT2D eigenvalue weighted by Gasteiger charge is 2.43. The standard InChI is InChI=1S/C11H20N2O4/c1-10(2,17-3)6-8(14)13-5-4-11(12,7-13)9(15)16/h4-7,12H2,1-3H3,(H,15,16). The van der Waals surface area contributed by atoms with Gasteiger partial charge in [0.05, 0.1) is 12.0 Å². The minimum atomic E-state index is -1.30. The third kappa shape index (κ3) is 3.17. The van der Waals surface area contributed by atoms with Gasteiger partial charge >= 0.3 is 5.97 Å². The molecule has 1 saturated heterocycles. The summed E-state index contributed by atoms with van der Waals surface area (Å²) < 4.78 is 5.17. The molecule has 0 aromatic rings. The largest absolute Gasteiger partial charge is 0.480 e. The summed E-state index contributed by atoms with van der Waals surface area (Å²) in [6, 6.07) is 0. The molecular weight excluding hydrogens is 224 g/mol. The summed E-state index contributed by atoms with van der Waals surface area (Å²) in [6.45, 7) is 4.09. The predicted octanol–water partition coefficient (Wildman–Crippen LogP) is -0.184. The van der Waals surface area contributed by atoms with Gasteiger partial charge < -0.3 is 20.5 Å². The van der Waals surface area contributed by atoms with Crippen molar-refractivity contribution in [1.82, 2.24) is 4.90 Å². The molecule has 0 spiro atoms. The summed E-state index contributed by atoms with van der Waals surface area (Å²) in [4.78, 5) is 24.4. The molecule has 0 bridgehead atoms. The molecular formula is C11H20N2O4. The van der Waals surface area contributed by atoms with Gasteiger partial charge in [-0.3, -0.25) is 9.59 Å². The molecule has 1 rings (SSSR count). The fraction of sp³-hybridized carbons (Fsp3) is 0.818. The lowest BCUT2D eigenvalue weighted by atomic mass is 10.0. The Balaban J connectivity index is 2.60. The molecule has 17 heavy (non-hydrogen) atoms. The highest BCUT2D eigenvalue weighted by atomic mass is 16.5. The van der Waals surface area contributed by atoms with Crippen molar-refractivity contribution in [3.8, 4) is 0 Å². The minimum absolute atomic E-state index is 0.0704. The van der Waals surface area contributed by atoms with E-state index in [9.17, 15) is 9.59 Å². The van der Waals surface area contributed by atoms with Crippen LogP contribution in [0.15, 0.2) is 0 Å². The lowest BCUT2D eigenvalue weighted by Gasteiger charge is -2.26. The smallest absolute Gasteiger partial charge is 0.325 e. The zero-order valence-electron chi connectivity index (χ0n) is 10.5. The van der Waals surface area contributed by atoms with Gasteiger partial charge in [0.15, 0.2) is 0 Å². The number of carboxylic acid groups (broad SMARTS) is 1. The quantitative estimate of drug-likeness (QED) is 0.715. The molecule has 3 N–H and O–H groups in total. The van der Waals surface area contributed by atoms with Crippen LogP contribution >= 0.6 is 0 Å². The molecule has 6 nitrogen and oxygen atoms in total. The van der Waals surface area contributed by atoms with Gasteiger partial charge in [0.1, 0.15) is 5.54 Å². The number of carboxylic acids is 1. The van der Waals surface area contributed by atoms with Crippen LogP contribution in [0.2, 0.25) is 0 Å². The van der Waals surface area contributed by atoms with Crippen LogP contribution in [0.3, 0.4) is 0 Å². The summed E-state index contributed by atoms with van der Waals surface area (Å²) in [5.74, 6) is -1.18. The van der Waals surface area contributed by atoms with Crippen LogP contribution in [0.25, 0.3) is 0 Å². The van der Waals surface area contributed by atoms with Gasteiger partial charge in [0, 0.05) is 20.2 Å². The van der Waals surface area contributed by atoms with Gasteiger partial charge in [-0.25, -0.2) is 0 Å². The van der Waals surface area contributed by atoms with E-state index in [2.05, 4.69) is 0 Å². The van der Waals surface area contributed by atoms with Crippen LogP contribution < -0.4 is 5.73 Å². The molecule has 98 valence electrons. The fourth-order valence-corrected chi connectivity index (χ4v) is 1.77. The number of methoxy groups -OCH3 is 1. The van der Waals surface area contributed by atoms with Crippen molar-refractivity contribution in [3.05, 3.63) is 0 Å². The number of aliphatic carboxylic acids is 1. The number of hydrogen-bond donors (Lipinski definition) is 2. The Labute approximate surface area is 101 Å². The van der Waals surface area contributed by atoms with E-state index in [1.54, 1.807) is 7.11 Å². The van der Waals surface area contributed by atoms with Crippen LogP contribution in [0.4, 0.5) is 0 Å². The van der Waals surface area contributed by atoms with Crippen LogP contribution in [0.5, 0.6) is 0 Å². The number of nitrogens with two attached hydrogens (primary N) is 1. The van der Waals surface area contributed by atoms with Gasteiger partial charge in [0.2, 0.25) is 5.91 Å². The van der Waals surface area contributed by atoms with Crippen LogP contribution in [-0.2, 0) is 14.3 Å². The molecule has 0 saturated carbocycles. The Bertz CT molecular complexity index is 329. The maximum atomic E-state index is 11.9. The zero-order valence-corrected chi connectivity index (χ0v) is 10.5. The molecule has 1 unspecified atom stereocenters. The van der Waals surface area contributed by atoms with E-state index in [1.807, 2.05) is 13.8 Å². The van der Waals surface area contributed by atoms with E-state index >= 15 is 0 Å². The van der Waals surface area contributed by atoms with Crippen LogP contribution in [0, 0.1) is 0 Å². The number of carbonyl (C=O) groups is 2. The monoisotopic (exact) mass is 244 g/mol. The number of carbonyl (C=O) groups excluding carboxylic acids is 1. The van der Waals surface area contributed by atoms with Gasteiger partial charge in [0.25, 0.3) is 0 Å². The van der Waals surface area contributed by atoms with Crippen molar-refractivity contribution in [3.63, 3.8) is 0 Å². The average Bonchev–Trinajstić information content (AvgIpc) is 2.62. The third-order valence-corrected chi connectivity index (χ3v) is 3.21. The minimum Gasteiger partial charge on any atom is -0.480 e. The number of nitrogens with zero attached hydrogens (tertiary/aromatic N) is 1. The SMILES string of the molecule is COC(C)(C)CC(=O)N1CCC(N)(C(=O)O)C1. The topological polar surface area (TPSA) is 92.9 Å². The van der Waals surface area contributed by atoms with Gasteiger partial charge in [-0.05, 0) is 20.3 Å². The number of ether oxygens (including phenoxy) is 1. The van der Waals surface area contributed by atoms with E-state index in [1.165, 1.54) is 4.90 Å². The summed E-state index contributed by atoms with van der Waals surface area (Å²) in [7, 11) is 1.54. The molecule has 6 heteroatoms. The first-order valence-electron chi connectivity index (χ1n) is 5.55.